The van der Waals surface area contributed by atoms with E-state index in [0.29, 0.717) is 34.1 Å². The van der Waals surface area contributed by atoms with Crippen LogP contribution in [0.1, 0.15) is 50.9 Å². The lowest BCUT2D eigenvalue weighted by molar-refractivity contribution is -0.111. The van der Waals surface area contributed by atoms with E-state index in [1.807, 2.05) is 12.1 Å². The largest absolute Gasteiger partial charge is 0.496 e. The molecule has 1 aliphatic carbocycles. The molecule has 2 heterocycles. The van der Waals surface area contributed by atoms with Crippen molar-refractivity contribution in [3.63, 3.8) is 0 Å². The van der Waals surface area contributed by atoms with Gasteiger partial charge in [-0.2, -0.15) is 0 Å². The van der Waals surface area contributed by atoms with Gasteiger partial charge in [0.05, 0.1) is 24.3 Å². The molecule has 0 amide bonds. The lowest BCUT2D eigenvalue weighted by Gasteiger charge is -2.14. The molecule has 2 N–H and O–H groups in total. The Morgan fingerprint density at radius 2 is 2.00 bits per heavy atom. The van der Waals surface area contributed by atoms with Crippen molar-refractivity contribution in [3.05, 3.63) is 35.4 Å². The van der Waals surface area contributed by atoms with Crippen LogP contribution in [0.3, 0.4) is 0 Å². The average Bonchev–Trinajstić information content (AvgIpc) is 3.31. The Morgan fingerprint density at radius 1 is 1.25 bits per heavy atom. The second-order valence-electron chi connectivity index (χ2n) is 7.58. The van der Waals surface area contributed by atoms with Crippen molar-refractivity contribution in [1.29, 1.82) is 0 Å². The van der Waals surface area contributed by atoms with Gasteiger partial charge in [0.1, 0.15) is 11.6 Å². The maximum absolute atomic E-state index is 12.2. The van der Waals surface area contributed by atoms with E-state index in [1.165, 1.54) is 32.6 Å². The van der Waals surface area contributed by atoms with E-state index < -0.39 is 0 Å². The van der Waals surface area contributed by atoms with Crippen LogP contribution in [-0.4, -0.2) is 32.5 Å². The zero-order valence-electron chi connectivity index (χ0n) is 16.5. The summed E-state index contributed by atoms with van der Waals surface area (Å²) in [6, 6.07) is 3.76. The van der Waals surface area contributed by atoms with E-state index in [2.05, 4.69) is 19.6 Å². The molecule has 7 heteroatoms. The molecule has 1 aromatic carbocycles. The van der Waals surface area contributed by atoms with Gasteiger partial charge in [-0.05, 0) is 25.8 Å². The molecule has 0 spiro atoms. The number of Topliss-reactive ketones (excluding diaryl/α,β-unsaturated/α-hetero) is 1. The second kappa shape index (κ2) is 7.22. The van der Waals surface area contributed by atoms with Gasteiger partial charge < -0.3 is 10.5 Å². The number of hydrogen-bond acceptors (Lipinski definition) is 6. The van der Waals surface area contributed by atoms with Crippen LogP contribution in [0.5, 0.6) is 5.75 Å². The van der Waals surface area contributed by atoms with Gasteiger partial charge >= 0.3 is 0 Å². The molecule has 3 aromatic rings. The van der Waals surface area contributed by atoms with E-state index in [9.17, 15) is 4.79 Å². The molecule has 0 radical (unpaired) electrons. The standard InChI is InChI=1S/C21H25N5O2/c1-12(22)21(13(2)27)15-9-16-17(10-18(15)28-3)26-19(8-14-6-4-5-7-14)24-25-20(26)11-23-16/h9-11,14H,4-8,22H2,1-3H3. The number of ketones is 1. The number of fused-ring (bicyclic) bond motifs is 3. The van der Waals surface area contributed by atoms with E-state index in [-0.39, 0.29) is 5.78 Å². The first-order chi connectivity index (χ1) is 13.5. The Morgan fingerprint density at radius 3 is 2.64 bits per heavy atom. The Kier molecular flexibility index (Phi) is 4.75. The number of nitrogens with zero attached hydrogens (tertiary/aromatic N) is 4. The summed E-state index contributed by atoms with van der Waals surface area (Å²) in [6.45, 7) is 3.22. The van der Waals surface area contributed by atoms with Crippen molar-refractivity contribution < 1.29 is 9.53 Å². The number of hydrogen-bond donors (Lipinski definition) is 1. The lowest BCUT2D eigenvalue weighted by Crippen LogP contribution is -2.08. The third-order valence-electron chi connectivity index (χ3n) is 5.57. The minimum absolute atomic E-state index is 0.107. The summed E-state index contributed by atoms with van der Waals surface area (Å²) in [5, 5.41) is 8.73. The highest BCUT2D eigenvalue weighted by atomic mass is 16.5. The number of methoxy groups -OCH3 is 1. The third kappa shape index (κ3) is 3.10. The summed E-state index contributed by atoms with van der Waals surface area (Å²) in [5.41, 5.74) is 9.88. The quantitative estimate of drug-likeness (QED) is 0.684. The van der Waals surface area contributed by atoms with Gasteiger partial charge in [-0.1, -0.05) is 25.7 Å². The first kappa shape index (κ1) is 18.4. The van der Waals surface area contributed by atoms with Gasteiger partial charge in [-0.15, -0.1) is 10.2 Å². The molecule has 2 aromatic heterocycles. The van der Waals surface area contributed by atoms with Crippen molar-refractivity contribution in [3.8, 4) is 5.75 Å². The normalized spacial score (nSPS) is 16.0. The van der Waals surface area contributed by atoms with E-state index in [4.69, 9.17) is 10.5 Å². The van der Waals surface area contributed by atoms with Crippen LogP contribution < -0.4 is 10.5 Å². The predicted molar refractivity (Wildman–Crippen MR) is 108 cm³/mol. The molecule has 1 saturated carbocycles. The molecule has 1 aliphatic rings. The molecule has 28 heavy (non-hydrogen) atoms. The first-order valence-electron chi connectivity index (χ1n) is 9.68. The number of nitrogens with two attached hydrogens (primary N) is 1. The Balaban J connectivity index is 1.92. The maximum Gasteiger partial charge on any atom is 0.179 e. The van der Waals surface area contributed by atoms with Crippen molar-refractivity contribution in [2.45, 2.75) is 46.0 Å². The van der Waals surface area contributed by atoms with Crippen LogP contribution in [-0.2, 0) is 11.2 Å². The summed E-state index contributed by atoms with van der Waals surface area (Å²) in [7, 11) is 1.59. The molecule has 0 aliphatic heterocycles. The van der Waals surface area contributed by atoms with E-state index in [1.54, 1.807) is 20.2 Å². The Labute approximate surface area is 163 Å². The molecule has 4 rings (SSSR count). The highest BCUT2D eigenvalue weighted by Crippen LogP contribution is 2.33. The first-order valence-corrected chi connectivity index (χ1v) is 9.68. The van der Waals surface area contributed by atoms with Crippen LogP contribution in [0.4, 0.5) is 0 Å². The van der Waals surface area contributed by atoms with E-state index in [0.717, 1.165) is 23.3 Å². The summed E-state index contributed by atoms with van der Waals surface area (Å²) >= 11 is 0. The minimum Gasteiger partial charge on any atom is -0.496 e. The minimum atomic E-state index is -0.107. The topological polar surface area (TPSA) is 95.4 Å². The number of allylic oxidation sites excluding steroid dienone is 2. The number of ether oxygens (including phenoxy) is 1. The van der Waals surface area contributed by atoms with Crippen molar-refractivity contribution in [2.24, 2.45) is 11.7 Å². The van der Waals surface area contributed by atoms with Crippen molar-refractivity contribution >= 4 is 28.0 Å². The number of aromatic nitrogens is 4. The highest BCUT2D eigenvalue weighted by molar-refractivity contribution is 6.21. The SMILES string of the molecule is COc1cc2c(cc1C(C(C)=O)=C(C)N)ncc1nnc(CC3CCCC3)n12. The van der Waals surface area contributed by atoms with Crippen molar-refractivity contribution in [1.82, 2.24) is 19.6 Å². The van der Waals surface area contributed by atoms with Gasteiger partial charge in [0.15, 0.2) is 11.4 Å². The lowest BCUT2D eigenvalue weighted by atomic mass is 9.98. The fraction of sp³-hybridized carbons (Fsp3) is 0.429. The van der Waals surface area contributed by atoms with Gasteiger partial charge in [0.2, 0.25) is 0 Å². The van der Waals surface area contributed by atoms with Crippen LogP contribution >= 0.6 is 0 Å². The summed E-state index contributed by atoms with van der Waals surface area (Å²) in [4.78, 5) is 16.7. The molecular weight excluding hydrogens is 354 g/mol. The van der Waals surface area contributed by atoms with Gasteiger partial charge in [0.25, 0.3) is 0 Å². The summed E-state index contributed by atoms with van der Waals surface area (Å²) < 4.78 is 7.66. The Bertz CT molecular complexity index is 1090. The van der Waals surface area contributed by atoms with Gasteiger partial charge in [-0.3, -0.25) is 14.2 Å². The van der Waals surface area contributed by atoms with Crippen molar-refractivity contribution in [2.75, 3.05) is 7.11 Å². The molecule has 7 nitrogen and oxygen atoms in total. The van der Waals surface area contributed by atoms with Crippen LogP contribution in [0, 0.1) is 5.92 Å². The van der Waals surface area contributed by atoms with Crippen LogP contribution in [0.2, 0.25) is 0 Å². The Hall–Kier alpha value is -2.96. The van der Waals surface area contributed by atoms with Gasteiger partial charge in [0, 0.05) is 29.3 Å². The zero-order valence-corrected chi connectivity index (χ0v) is 16.5. The molecule has 0 saturated heterocycles. The maximum atomic E-state index is 12.2. The number of carbonyl (C=O) groups excluding carboxylic acids is 1. The number of rotatable bonds is 5. The number of benzene rings is 1. The van der Waals surface area contributed by atoms with E-state index >= 15 is 0 Å². The molecule has 0 unspecified atom stereocenters. The van der Waals surface area contributed by atoms with Gasteiger partial charge in [-0.25, -0.2) is 0 Å². The average molecular weight is 379 g/mol. The fourth-order valence-electron chi connectivity index (χ4n) is 4.29. The fourth-order valence-corrected chi connectivity index (χ4v) is 4.29. The molecule has 0 bridgehead atoms. The van der Waals surface area contributed by atoms with Crippen LogP contribution in [0.15, 0.2) is 24.0 Å². The predicted octanol–water partition coefficient (Wildman–Crippen LogP) is 3.30. The zero-order chi connectivity index (χ0) is 19.8. The molecular formula is C21H25N5O2. The monoisotopic (exact) mass is 379 g/mol. The molecule has 1 fully saturated rings. The smallest absolute Gasteiger partial charge is 0.179 e. The molecule has 0 atom stereocenters. The summed E-state index contributed by atoms with van der Waals surface area (Å²) in [5.74, 6) is 2.08. The molecule has 146 valence electrons. The number of carbonyl (C=O) groups is 1. The summed E-state index contributed by atoms with van der Waals surface area (Å²) in [6.07, 6.45) is 7.70. The third-order valence-corrected chi connectivity index (χ3v) is 5.57. The highest BCUT2D eigenvalue weighted by Gasteiger charge is 2.21. The second-order valence-corrected chi connectivity index (χ2v) is 7.58. The van der Waals surface area contributed by atoms with Crippen LogP contribution in [0.25, 0.3) is 22.3 Å².